The largest absolute Gasteiger partial charge is 0.330 e. The van der Waals surface area contributed by atoms with Crippen molar-refractivity contribution >= 4 is 0 Å². The Morgan fingerprint density at radius 1 is 0.704 bits per heavy atom. The average molecular weight is 386 g/mol. The fraction of sp³-hybridized carbons (Fsp3) is 1.00. The number of nitrogens with two attached hydrogens (primary N) is 1. The van der Waals surface area contributed by atoms with Gasteiger partial charge in [-0.15, -0.1) is 0 Å². The van der Waals surface area contributed by atoms with E-state index in [-0.39, 0.29) is 0 Å². The highest BCUT2D eigenvalue weighted by Gasteiger charge is 2.07. The lowest BCUT2D eigenvalue weighted by molar-refractivity contribution is 0.421. The lowest BCUT2D eigenvalue weighted by Gasteiger charge is -2.20. The van der Waals surface area contributed by atoms with Gasteiger partial charge in [-0.05, 0) is 38.9 Å². The highest BCUT2D eigenvalue weighted by atomic mass is 15.1. The second-order valence-corrected chi connectivity index (χ2v) is 7.79. The molecule has 1 unspecified atom stereocenters. The van der Waals surface area contributed by atoms with Crippen molar-refractivity contribution in [1.29, 1.82) is 0 Å². The third kappa shape index (κ3) is 22.0. The van der Waals surface area contributed by atoms with Crippen LogP contribution in [0, 0.1) is 0 Å². The van der Waals surface area contributed by atoms with Crippen molar-refractivity contribution in [1.82, 2.24) is 21.3 Å². The molecule has 0 aromatic rings. The lowest BCUT2D eigenvalue weighted by Crippen LogP contribution is -2.44. The van der Waals surface area contributed by atoms with Crippen LogP contribution in [0.2, 0.25) is 0 Å². The van der Waals surface area contributed by atoms with E-state index in [1.54, 1.807) is 0 Å². The van der Waals surface area contributed by atoms with Crippen molar-refractivity contribution in [2.45, 2.75) is 96.9 Å². The van der Waals surface area contributed by atoms with Crippen LogP contribution in [0.4, 0.5) is 0 Å². The Morgan fingerprint density at radius 3 is 1.93 bits per heavy atom. The molecule has 0 saturated carbocycles. The van der Waals surface area contributed by atoms with E-state index in [1.807, 2.05) is 0 Å². The minimum Gasteiger partial charge on any atom is -0.330 e. The molecule has 6 N–H and O–H groups in total. The molecule has 1 heterocycles. The van der Waals surface area contributed by atoms with Gasteiger partial charge in [-0.1, -0.05) is 71.6 Å². The Hall–Kier alpha value is -0.200. The van der Waals surface area contributed by atoms with E-state index < -0.39 is 0 Å². The summed E-state index contributed by atoms with van der Waals surface area (Å²) in [7, 11) is 0. The van der Waals surface area contributed by atoms with Crippen LogP contribution in [0.15, 0.2) is 0 Å². The standard InChI is InChI=1S/C11H27N5.C11H24/c12-4-1-3-11-9-13-7-8-15-10-14-5-2-6-16-11;1-3-5-7-9-11-10-8-6-4-2/h11,13-16H,1-10,12H2;3-11H2,1-2H3. The summed E-state index contributed by atoms with van der Waals surface area (Å²) >= 11 is 0. The molecule has 0 aromatic heterocycles. The quantitative estimate of drug-likeness (QED) is 0.353. The zero-order valence-electron chi connectivity index (χ0n) is 18.6. The highest BCUT2D eigenvalue weighted by molar-refractivity contribution is 4.71. The van der Waals surface area contributed by atoms with Crippen molar-refractivity contribution in [3.63, 3.8) is 0 Å². The van der Waals surface area contributed by atoms with Gasteiger partial charge < -0.3 is 27.0 Å². The predicted octanol–water partition coefficient (Wildman–Crippen LogP) is 3.35. The third-order valence-corrected chi connectivity index (χ3v) is 5.05. The smallest absolute Gasteiger partial charge is 0.0454 e. The Labute approximate surface area is 170 Å². The molecule has 1 fully saturated rings. The molecule has 0 spiro atoms. The lowest BCUT2D eigenvalue weighted by atomic mass is 10.1. The Kier molecular flexibility index (Phi) is 23.7. The maximum atomic E-state index is 5.55. The van der Waals surface area contributed by atoms with Gasteiger partial charge >= 0.3 is 0 Å². The number of hydrogen-bond donors (Lipinski definition) is 5. The van der Waals surface area contributed by atoms with Gasteiger partial charge in [0.05, 0.1) is 0 Å². The van der Waals surface area contributed by atoms with Gasteiger partial charge in [0.15, 0.2) is 0 Å². The van der Waals surface area contributed by atoms with Crippen LogP contribution < -0.4 is 27.0 Å². The minimum atomic E-state index is 0.572. The molecule has 5 nitrogen and oxygen atoms in total. The van der Waals surface area contributed by atoms with Crippen LogP contribution >= 0.6 is 0 Å². The van der Waals surface area contributed by atoms with Crippen LogP contribution in [0.3, 0.4) is 0 Å². The van der Waals surface area contributed by atoms with Gasteiger partial charge in [0.1, 0.15) is 0 Å². The van der Waals surface area contributed by atoms with Gasteiger partial charge in [0.25, 0.3) is 0 Å². The number of rotatable bonds is 11. The fourth-order valence-corrected chi connectivity index (χ4v) is 3.26. The molecular formula is C22H51N5. The minimum absolute atomic E-state index is 0.572. The molecule has 0 radical (unpaired) electrons. The van der Waals surface area contributed by atoms with Gasteiger partial charge in [0, 0.05) is 32.3 Å². The highest BCUT2D eigenvalue weighted by Crippen LogP contribution is 2.08. The van der Waals surface area contributed by atoms with E-state index in [9.17, 15) is 0 Å². The SMILES string of the molecule is CCCCCCCCCCC.NCCCC1CNCCNCNCCCN1. The summed E-state index contributed by atoms with van der Waals surface area (Å²) in [5.74, 6) is 0. The molecule has 1 aliphatic rings. The number of hydrogen-bond acceptors (Lipinski definition) is 5. The Morgan fingerprint density at radius 2 is 1.30 bits per heavy atom. The molecule has 1 aliphatic heterocycles. The van der Waals surface area contributed by atoms with E-state index in [2.05, 4.69) is 35.1 Å². The molecule has 164 valence electrons. The molecule has 0 aliphatic carbocycles. The van der Waals surface area contributed by atoms with Crippen LogP contribution in [-0.2, 0) is 0 Å². The Balaban J connectivity index is 0.000000541. The van der Waals surface area contributed by atoms with Gasteiger partial charge in [0.2, 0.25) is 0 Å². The number of nitrogens with one attached hydrogen (secondary N) is 4. The molecule has 27 heavy (non-hydrogen) atoms. The Bertz CT molecular complexity index is 243. The van der Waals surface area contributed by atoms with Crippen molar-refractivity contribution in [2.75, 3.05) is 45.9 Å². The molecular weight excluding hydrogens is 334 g/mol. The molecule has 1 rings (SSSR count). The zero-order chi connectivity index (χ0) is 19.8. The van der Waals surface area contributed by atoms with E-state index in [0.717, 1.165) is 52.4 Å². The first kappa shape index (κ1) is 26.8. The summed E-state index contributed by atoms with van der Waals surface area (Å²) in [5, 5.41) is 13.8. The molecule has 1 atom stereocenters. The monoisotopic (exact) mass is 385 g/mol. The molecule has 5 heteroatoms. The molecule has 0 bridgehead atoms. The topological polar surface area (TPSA) is 74.1 Å². The molecule has 0 amide bonds. The maximum absolute atomic E-state index is 5.55. The normalized spacial score (nSPS) is 19.4. The maximum Gasteiger partial charge on any atom is 0.0454 e. The summed E-state index contributed by atoms with van der Waals surface area (Å²) in [6.07, 6.45) is 16.4. The van der Waals surface area contributed by atoms with Gasteiger partial charge in [-0.2, -0.15) is 0 Å². The van der Waals surface area contributed by atoms with Crippen LogP contribution in [0.1, 0.15) is 90.9 Å². The second-order valence-electron chi connectivity index (χ2n) is 7.79. The van der Waals surface area contributed by atoms with Crippen LogP contribution in [-0.4, -0.2) is 52.0 Å². The van der Waals surface area contributed by atoms with E-state index in [0.29, 0.717) is 6.04 Å². The summed E-state index contributed by atoms with van der Waals surface area (Å²) in [6.45, 7) is 11.5. The number of unbranched alkanes of at least 4 members (excludes halogenated alkanes) is 8. The van der Waals surface area contributed by atoms with E-state index in [1.165, 1.54) is 70.6 Å². The summed E-state index contributed by atoms with van der Waals surface area (Å²) in [6, 6.07) is 0.572. The summed E-state index contributed by atoms with van der Waals surface area (Å²) in [4.78, 5) is 0. The second kappa shape index (κ2) is 23.8. The average Bonchev–Trinajstić information content (AvgIpc) is 2.67. The van der Waals surface area contributed by atoms with Crippen molar-refractivity contribution in [2.24, 2.45) is 5.73 Å². The van der Waals surface area contributed by atoms with Gasteiger partial charge in [-0.25, -0.2) is 0 Å². The first-order valence-electron chi connectivity index (χ1n) is 11.9. The molecule has 0 aromatic carbocycles. The van der Waals surface area contributed by atoms with Gasteiger partial charge in [-0.3, -0.25) is 0 Å². The van der Waals surface area contributed by atoms with E-state index in [4.69, 9.17) is 5.73 Å². The van der Waals surface area contributed by atoms with Crippen molar-refractivity contribution in [3.8, 4) is 0 Å². The zero-order valence-corrected chi connectivity index (χ0v) is 18.6. The predicted molar refractivity (Wildman–Crippen MR) is 121 cm³/mol. The van der Waals surface area contributed by atoms with Crippen LogP contribution in [0.25, 0.3) is 0 Å². The first-order chi connectivity index (χ1) is 13.3. The third-order valence-electron chi connectivity index (χ3n) is 5.05. The summed E-state index contributed by atoms with van der Waals surface area (Å²) in [5.41, 5.74) is 5.55. The molecule has 1 saturated heterocycles. The van der Waals surface area contributed by atoms with Crippen molar-refractivity contribution in [3.05, 3.63) is 0 Å². The van der Waals surface area contributed by atoms with Crippen LogP contribution in [0.5, 0.6) is 0 Å². The van der Waals surface area contributed by atoms with Crippen molar-refractivity contribution < 1.29 is 0 Å². The summed E-state index contributed by atoms with van der Waals surface area (Å²) < 4.78 is 0. The first-order valence-corrected chi connectivity index (χ1v) is 11.9. The van der Waals surface area contributed by atoms with E-state index >= 15 is 0 Å². The fourth-order valence-electron chi connectivity index (χ4n) is 3.26.